The molecule has 0 unspecified atom stereocenters. The van der Waals surface area contributed by atoms with Crippen LogP contribution in [-0.4, -0.2) is 12.0 Å². The van der Waals surface area contributed by atoms with Gasteiger partial charge in [0.25, 0.3) is 0 Å². The highest BCUT2D eigenvalue weighted by molar-refractivity contribution is 6.31. The van der Waals surface area contributed by atoms with E-state index in [2.05, 4.69) is 9.88 Å². The van der Waals surface area contributed by atoms with Gasteiger partial charge in [-0.25, -0.2) is 0 Å². The number of hydrogen-bond donors (Lipinski definition) is 1. The number of anilines is 2. The normalized spacial score (nSPS) is 10.4. The summed E-state index contributed by atoms with van der Waals surface area (Å²) < 4.78 is 0. The molecule has 0 bridgehead atoms. The number of hydrogen-bond acceptors (Lipinski definition) is 3. The Bertz CT molecular complexity index is 540. The topological polar surface area (TPSA) is 42.2 Å². The van der Waals surface area contributed by atoms with Crippen LogP contribution in [0.4, 0.5) is 11.4 Å². The molecule has 2 aromatic rings. The maximum absolute atomic E-state index is 6.04. The molecule has 18 heavy (non-hydrogen) atoms. The minimum Gasteiger partial charge on any atom is -0.397 e. The van der Waals surface area contributed by atoms with Crippen LogP contribution in [0.1, 0.15) is 11.1 Å². The standard InChI is InChI=1S/C14H16ClN3/c1-10-6-14(13(16)7-12(10)15)18(2)9-11-4-3-5-17-8-11/h3-8H,9,16H2,1-2H3. The molecule has 0 aliphatic heterocycles. The highest BCUT2D eigenvalue weighted by Crippen LogP contribution is 2.29. The van der Waals surface area contributed by atoms with Crippen LogP contribution in [0, 0.1) is 6.92 Å². The first-order chi connectivity index (χ1) is 8.58. The highest BCUT2D eigenvalue weighted by atomic mass is 35.5. The third kappa shape index (κ3) is 2.74. The van der Waals surface area contributed by atoms with E-state index in [1.54, 1.807) is 12.3 Å². The van der Waals surface area contributed by atoms with Crippen molar-refractivity contribution in [1.82, 2.24) is 4.98 Å². The zero-order valence-electron chi connectivity index (χ0n) is 10.5. The molecule has 0 fully saturated rings. The number of nitrogens with zero attached hydrogens (tertiary/aromatic N) is 2. The number of aromatic nitrogens is 1. The summed E-state index contributed by atoms with van der Waals surface area (Å²) in [5.41, 5.74) is 9.85. The molecule has 1 aromatic heterocycles. The molecule has 2 rings (SSSR count). The van der Waals surface area contributed by atoms with Gasteiger partial charge in [-0.1, -0.05) is 17.7 Å². The van der Waals surface area contributed by atoms with Crippen molar-refractivity contribution in [1.29, 1.82) is 0 Å². The molecule has 1 aromatic carbocycles. The molecule has 0 amide bonds. The second-order valence-electron chi connectivity index (χ2n) is 4.38. The van der Waals surface area contributed by atoms with E-state index in [9.17, 15) is 0 Å². The number of nitrogen functional groups attached to an aromatic ring is 1. The lowest BCUT2D eigenvalue weighted by Crippen LogP contribution is -2.18. The number of halogens is 1. The van der Waals surface area contributed by atoms with Gasteiger partial charge in [-0.05, 0) is 36.2 Å². The van der Waals surface area contributed by atoms with E-state index < -0.39 is 0 Å². The van der Waals surface area contributed by atoms with Crippen molar-refractivity contribution < 1.29 is 0 Å². The fourth-order valence-corrected chi connectivity index (χ4v) is 2.04. The van der Waals surface area contributed by atoms with Crippen LogP contribution < -0.4 is 10.6 Å². The van der Waals surface area contributed by atoms with E-state index in [0.717, 1.165) is 23.4 Å². The first-order valence-corrected chi connectivity index (χ1v) is 6.11. The van der Waals surface area contributed by atoms with E-state index in [4.69, 9.17) is 17.3 Å². The highest BCUT2D eigenvalue weighted by Gasteiger charge is 2.08. The minimum absolute atomic E-state index is 0.692. The van der Waals surface area contributed by atoms with E-state index >= 15 is 0 Å². The number of nitrogens with two attached hydrogens (primary N) is 1. The Hall–Kier alpha value is -1.74. The predicted molar refractivity (Wildman–Crippen MR) is 76.9 cm³/mol. The van der Waals surface area contributed by atoms with E-state index in [1.807, 2.05) is 38.4 Å². The summed E-state index contributed by atoms with van der Waals surface area (Å²) in [7, 11) is 2.01. The summed E-state index contributed by atoms with van der Waals surface area (Å²) in [5.74, 6) is 0. The second kappa shape index (κ2) is 5.27. The Kier molecular flexibility index (Phi) is 3.72. The predicted octanol–water partition coefficient (Wildman–Crippen LogP) is 3.26. The van der Waals surface area contributed by atoms with Crippen molar-refractivity contribution in [2.45, 2.75) is 13.5 Å². The Morgan fingerprint density at radius 1 is 1.39 bits per heavy atom. The Morgan fingerprint density at radius 3 is 2.83 bits per heavy atom. The van der Waals surface area contributed by atoms with Crippen molar-refractivity contribution in [3.63, 3.8) is 0 Å². The summed E-state index contributed by atoms with van der Waals surface area (Å²) in [6, 6.07) is 7.78. The van der Waals surface area contributed by atoms with Gasteiger partial charge < -0.3 is 10.6 Å². The average molecular weight is 262 g/mol. The lowest BCUT2D eigenvalue weighted by Gasteiger charge is -2.22. The second-order valence-corrected chi connectivity index (χ2v) is 4.78. The Morgan fingerprint density at radius 2 is 2.17 bits per heavy atom. The van der Waals surface area contributed by atoms with Crippen molar-refractivity contribution in [2.75, 3.05) is 17.7 Å². The molecule has 3 nitrogen and oxygen atoms in total. The third-order valence-corrected chi connectivity index (χ3v) is 3.27. The minimum atomic E-state index is 0.692. The van der Waals surface area contributed by atoms with Gasteiger partial charge in [0.15, 0.2) is 0 Å². The van der Waals surface area contributed by atoms with Crippen LogP contribution in [0.15, 0.2) is 36.7 Å². The molecule has 0 saturated heterocycles. The fourth-order valence-electron chi connectivity index (χ4n) is 1.86. The van der Waals surface area contributed by atoms with E-state index in [0.29, 0.717) is 10.7 Å². The number of benzene rings is 1. The molecule has 4 heteroatoms. The lowest BCUT2D eigenvalue weighted by atomic mass is 10.1. The van der Waals surface area contributed by atoms with Gasteiger partial charge in [0.05, 0.1) is 11.4 Å². The van der Waals surface area contributed by atoms with Crippen LogP contribution in [0.3, 0.4) is 0 Å². The zero-order chi connectivity index (χ0) is 13.1. The van der Waals surface area contributed by atoms with Crippen molar-refractivity contribution in [3.8, 4) is 0 Å². The maximum atomic E-state index is 6.04. The van der Waals surface area contributed by atoms with Gasteiger partial charge >= 0.3 is 0 Å². The average Bonchev–Trinajstić information content (AvgIpc) is 2.35. The van der Waals surface area contributed by atoms with Crippen molar-refractivity contribution >= 4 is 23.0 Å². The molecule has 0 atom stereocenters. The summed E-state index contributed by atoms with van der Waals surface area (Å²) in [4.78, 5) is 6.20. The summed E-state index contributed by atoms with van der Waals surface area (Å²) in [6.45, 7) is 2.74. The number of pyridine rings is 1. The van der Waals surface area contributed by atoms with Gasteiger partial charge in [0.1, 0.15) is 0 Å². The summed E-state index contributed by atoms with van der Waals surface area (Å²) in [5, 5.41) is 0.700. The van der Waals surface area contributed by atoms with Gasteiger partial charge in [-0.3, -0.25) is 4.98 Å². The lowest BCUT2D eigenvalue weighted by molar-refractivity contribution is 0.916. The third-order valence-electron chi connectivity index (χ3n) is 2.86. The molecular formula is C14H16ClN3. The molecule has 0 aliphatic rings. The first-order valence-electron chi connectivity index (χ1n) is 5.73. The van der Waals surface area contributed by atoms with Crippen LogP contribution in [-0.2, 0) is 6.54 Å². The van der Waals surface area contributed by atoms with Crippen LogP contribution in [0.5, 0.6) is 0 Å². The zero-order valence-corrected chi connectivity index (χ0v) is 11.3. The van der Waals surface area contributed by atoms with Crippen LogP contribution >= 0.6 is 11.6 Å². The van der Waals surface area contributed by atoms with Crippen molar-refractivity contribution in [2.24, 2.45) is 0 Å². The number of rotatable bonds is 3. The quantitative estimate of drug-likeness (QED) is 0.863. The molecule has 94 valence electrons. The molecule has 0 spiro atoms. The molecule has 0 aliphatic carbocycles. The monoisotopic (exact) mass is 261 g/mol. The first kappa shape index (κ1) is 12.7. The van der Waals surface area contributed by atoms with Gasteiger partial charge in [-0.15, -0.1) is 0 Å². The Balaban J connectivity index is 2.24. The molecule has 0 saturated carbocycles. The van der Waals surface area contributed by atoms with Crippen LogP contribution in [0.2, 0.25) is 5.02 Å². The fraction of sp³-hybridized carbons (Fsp3) is 0.214. The SMILES string of the molecule is Cc1cc(N(C)Cc2cccnc2)c(N)cc1Cl. The smallest absolute Gasteiger partial charge is 0.0604 e. The summed E-state index contributed by atoms with van der Waals surface area (Å²) in [6.07, 6.45) is 3.62. The largest absolute Gasteiger partial charge is 0.397 e. The maximum Gasteiger partial charge on any atom is 0.0604 e. The molecule has 1 heterocycles. The Labute approximate surface area is 112 Å². The van der Waals surface area contributed by atoms with E-state index in [1.165, 1.54) is 0 Å². The molecular weight excluding hydrogens is 246 g/mol. The molecule has 0 radical (unpaired) electrons. The van der Waals surface area contributed by atoms with Gasteiger partial charge in [0, 0.05) is 31.0 Å². The van der Waals surface area contributed by atoms with E-state index in [-0.39, 0.29) is 0 Å². The van der Waals surface area contributed by atoms with Gasteiger partial charge in [-0.2, -0.15) is 0 Å². The molecule has 2 N–H and O–H groups in total. The van der Waals surface area contributed by atoms with Crippen LogP contribution in [0.25, 0.3) is 0 Å². The number of aryl methyl sites for hydroxylation is 1. The van der Waals surface area contributed by atoms with Crippen molar-refractivity contribution in [3.05, 3.63) is 52.8 Å². The summed E-state index contributed by atoms with van der Waals surface area (Å²) >= 11 is 6.04. The van der Waals surface area contributed by atoms with Gasteiger partial charge in [0.2, 0.25) is 0 Å².